The molecule has 0 atom stereocenters. The van der Waals surface area contributed by atoms with Crippen LogP contribution in [0.1, 0.15) is 28.4 Å². The highest BCUT2D eigenvalue weighted by Crippen LogP contribution is 2.03. The van der Waals surface area contributed by atoms with Crippen molar-refractivity contribution in [2.45, 2.75) is 20.4 Å². The Hall–Kier alpha value is -2.43. The summed E-state index contributed by atoms with van der Waals surface area (Å²) in [5.41, 5.74) is 0.848. The fourth-order valence-electron chi connectivity index (χ4n) is 1.78. The second kappa shape index (κ2) is 5.06. The van der Waals surface area contributed by atoms with Crippen molar-refractivity contribution >= 4 is 5.78 Å². The average Bonchev–Trinajstić information content (AvgIpc) is 2.36. The number of benzene rings is 1. The van der Waals surface area contributed by atoms with Crippen molar-refractivity contribution in [1.82, 2.24) is 9.55 Å². The quantitative estimate of drug-likeness (QED) is 0.838. The summed E-state index contributed by atoms with van der Waals surface area (Å²) in [4.78, 5) is 37.4. The van der Waals surface area contributed by atoms with Gasteiger partial charge in [0.2, 0.25) is 0 Å². The molecule has 0 fully saturated rings. The van der Waals surface area contributed by atoms with Gasteiger partial charge >= 0.3 is 5.69 Å². The molecule has 0 bridgehead atoms. The van der Waals surface area contributed by atoms with Crippen molar-refractivity contribution in [3.8, 4) is 0 Å². The van der Waals surface area contributed by atoms with Crippen LogP contribution in [0.2, 0.25) is 0 Å². The van der Waals surface area contributed by atoms with Crippen LogP contribution in [0.5, 0.6) is 0 Å². The number of nitrogens with one attached hydrogen (secondary N) is 1. The average molecular weight is 258 g/mol. The highest BCUT2D eigenvalue weighted by molar-refractivity contribution is 5.93. The first-order chi connectivity index (χ1) is 8.99. The third-order valence-corrected chi connectivity index (χ3v) is 2.90. The SMILES string of the molecule is CC(=O)c1c[nH]c(=O)n(Cc2ccc(C)cc2)c1=O. The molecule has 5 heteroatoms. The number of carbonyl (C=O) groups excluding carboxylic acids is 1. The largest absolute Gasteiger partial charge is 0.328 e. The first-order valence-corrected chi connectivity index (χ1v) is 5.88. The second-order valence-corrected chi connectivity index (χ2v) is 4.44. The molecular formula is C14H14N2O3. The highest BCUT2D eigenvalue weighted by Gasteiger charge is 2.11. The second-order valence-electron chi connectivity index (χ2n) is 4.44. The maximum atomic E-state index is 12.0. The molecule has 2 rings (SSSR count). The highest BCUT2D eigenvalue weighted by atomic mass is 16.2. The number of carbonyl (C=O) groups is 1. The number of Topliss-reactive ketones (excluding diaryl/α,β-unsaturated/α-hetero) is 1. The van der Waals surface area contributed by atoms with E-state index in [4.69, 9.17) is 0 Å². The normalized spacial score (nSPS) is 10.4. The van der Waals surface area contributed by atoms with Crippen molar-refractivity contribution < 1.29 is 4.79 Å². The Kier molecular flexibility index (Phi) is 3.46. The van der Waals surface area contributed by atoms with E-state index in [1.165, 1.54) is 13.1 Å². The van der Waals surface area contributed by atoms with Gasteiger partial charge in [-0.1, -0.05) is 29.8 Å². The molecular weight excluding hydrogens is 244 g/mol. The molecule has 0 saturated heterocycles. The number of hydrogen-bond acceptors (Lipinski definition) is 3. The Morgan fingerprint density at radius 2 is 1.84 bits per heavy atom. The Labute approximate surface area is 109 Å². The molecule has 1 aromatic carbocycles. The summed E-state index contributed by atoms with van der Waals surface area (Å²) in [6, 6.07) is 7.51. The van der Waals surface area contributed by atoms with Crippen molar-refractivity contribution in [2.24, 2.45) is 0 Å². The van der Waals surface area contributed by atoms with Gasteiger partial charge in [-0.05, 0) is 19.4 Å². The summed E-state index contributed by atoms with van der Waals surface area (Å²) < 4.78 is 1.03. The Morgan fingerprint density at radius 3 is 2.42 bits per heavy atom. The predicted molar refractivity (Wildman–Crippen MR) is 71.6 cm³/mol. The zero-order chi connectivity index (χ0) is 14.0. The summed E-state index contributed by atoms with van der Waals surface area (Å²) in [6.07, 6.45) is 1.17. The fraction of sp³-hybridized carbons (Fsp3) is 0.214. The van der Waals surface area contributed by atoms with Gasteiger partial charge in [0.25, 0.3) is 5.56 Å². The van der Waals surface area contributed by atoms with Crippen LogP contribution in [0.3, 0.4) is 0 Å². The summed E-state index contributed by atoms with van der Waals surface area (Å²) in [5, 5.41) is 0. The summed E-state index contributed by atoms with van der Waals surface area (Å²) in [5.74, 6) is -0.362. The van der Waals surface area contributed by atoms with E-state index in [-0.39, 0.29) is 17.9 Å². The van der Waals surface area contributed by atoms with Gasteiger partial charge in [-0.15, -0.1) is 0 Å². The van der Waals surface area contributed by atoms with Gasteiger partial charge in [-0.2, -0.15) is 0 Å². The minimum absolute atomic E-state index is 0.00767. The number of ketones is 1. The number of nitrogens with zero attached hydrogens (tertiary/aromatic N) is 1. The lowest BCUT2D eigenvalue weighted by molar-refractivity contribution is 0.101. The zero-order valence-electron chi connectivity index (χ0n) is 10.8. The maximum Gasteiger partial charge on any atom is 0.328 e. The van der Waals surface area contributed by atoms with Crippen LogP contribution >= 0.6 is 0 Å². The minimum atomic E-state index is -0.558. The smallest absolute Gasteiger partial charge is 0.313 e. The van der Waals surface area contributed by atoms with E-state index >= 15 is 0 Å². The molecule has 0 radical (unpaired) electrons. The lowest BCUT2D eigenvalue weighted by Gasteiger charge is -2.06. The number of H-pyrrole nitrogens is 1. The number of aromatic nitrogens is 2. The Balaban J connectivity index is 2.48. The molecule has 0 aliphatic rings. The molecule has 1 heterocycles. The van der Waals surface area contributed by atoms with Crippen LogP contribution < -0.4 is 11.2 Å². The van der Waals surface area contributed by atoms with Crippen LogP contribution in [0, 0.1) is 6.92 Å². The molecule has 0 unspecified atom stereocenters. The van der Waals surface area contributed by atoms with Gasteiger partial charge in [0.05, 0.1) is 12.1 Å². The van der Waals surface area contributed by atoms with Crippen molar-refractivity contribution in [3.63, 3.8) is 0 Å². The number of aryl methyl sites for hydroxylation is 1. The van der Waals surface area contributed by atoms with E-state index in [2.05, 4.69) is 4.98 Å². The van der Waals surface area contributed by atoms with Gasteiger partial charge in [0.1, 0.15) is 0 Å². The summed E-state index contributed by atoms with van der Waals surface area (Å²) in [7, 11) is 0. The predicted octanol–water partition coefficient (Wildman–Crippen LogP) is 1.10. The molecule has 2 aromatic rings. The van der Waals surface area contributed by atoms with Crippen LogP contribution in [0.25, 0.3) is 0 Å². The topological polar surface area (TPSA) is 71.9 Å². The van der Waals surface area contributed by atoms with Gasteiger partial charge in [-0.25, -0.2) is 4.79 Å². The number of aromatic amines is 1. The third-order valence-electron chi connectivity index (χ3n) is 2.90. The first-order valence-electron chi connectivity index (χ1n) is 5.88. The van der Waals surface area contributed by atoms with Crippen LogP contribution in [0.15, 0.2) is 40.1 Å². The molecule has 5 nitrogen and oxygen atoms in total. The van der Waals surface area contributed by atoms with Crippen LogP contribution in [-0.2, 0) is 6.54 Å². The molecule has 19 heavy (non-hydrogen) atoms. The molecule has 0 spiro atoms. The van der Waals surface area contributed by atoms with Crippen LogP contribution in [0.4, 0.5) is 0 Å². The fourth-order valence-corrected chi connectivity index (χ4v) is 1.78. The van der Waals surface area contributed by atoms with Gasteiger partial charge in [-0.3, -0.25) is 14.2 Å². The number of hydrogen-bond donors (Lipinski definition) is 1. The van der Waals surface area contributed by atoms with Crippen molar-refractivity contribution in [3.05, 3.63) is 68.0 Å². The number of rotatable bonds is 3. The van der Waals surface area contributed by atoms with E-state index in [0.717, 1.165) is 15.7 Å². The van der Waals surface area contributed by atoms with Crippen molar-refractivity contribution in [1.29, 1.82) is 0 Å². The molecule has 98 valence electrons. The van der Waals surface area contributed by atoms with E-state index < -0.39 is 11.2 Å². The van der Waals surface area contributed by atoms with Gasteiger partial charge < -0.3 is 4.98 Å². The molecule has 0 aliphatic heterocycles. The Morgan fingerprint density at radius 1 is 1.21 bits per heavy atom. The summed E-state index contributed by atoms with van der Waals surface area (Å²) >= 11 is 0. The lowest BCUT2D eigenvalue weighted by Crippen LogP contribution is -2.37. The van der Waals surface area contributed by atoms with Crippen molar-refractivity contribution in [2.75, 3.05) is 0 Å². The first kappa shape index (κ1) is 13.0. The van der Waals surface area contributed by atoms with Crippen LogP contribution in [-0.4, -0.2) is 15.3 Å². The monoisotopic (exact) mass is 258 g/mol. The Bertz CT molecular complexity index is 724. The molecule has 1 N–H and O–H groups in total. The molecule has 0 saturated carbocycles. The lowest BCUT2D eigenvalue weighted by atomic mass is 10.1. The minimum Gasteiger partial charge on any atom is -0.313 e. The summed E-state index contributed by atoms with van der Waals surface area (Å²) in [6.45, 7) is 3.40. The maximum absolute atomic E-state index is 12.0. The zero-order valence-corrected chi connectivity index (χ0v) is 10.8. The van der Waals surface area contributed by atoms with E-state index in [1.54, 1.807) is 0 Å². The molecule has 0 aliphatic carbocycles. The van der Waals surface area contributed by atoms with Gasteiger partial charge in [0.15, 0.2) is 5.78 Å². The van der Waals surface area contributed by atoms with E-state index in [1.807, 2.05) is 31.2 Å². The third kappa shape index (κ3) is 2.70. The van der Waals surface area contributed by atoms with E-state index in [9.17, 15) is 14.4 Å². The van der Waals surface area contributed by atoms with E-state index in [0.29, 0.717) is 0 Å². The standard InChI is InChI=1S/C14H14N2O3/c1-9-3-5-11(6-4-9)8-16-13(18)12(10(2)17)7-15-14(16)19/h3-7H,8H2,1-2H3,(H,15,19). The van der Waals surface area contributed by atoms with Gasteiger partial charge in [0, 0.05) is 6.20 Å². The molecule has 0 amide bonds. The molecule has 1 aromatic heterocycles.